The second-order valence-corrected chi connectivity index (χ2v) is 9.35. The van der Waals surface area contributed by atoms with Crippen molar-refractivity contribution in [3.05, 3.63) is 81.5 Å². The van der Waals surface area contributed by atoms with Gasteiger partial charge < -0.3 is 20.1 Å². The number of aromatic amines is 1. The molecular formula is C26H27F6N9O3. The summed E-state index contributed by atoms with van der Waals surface area (Å²) in [7, 11) is 1.48. The molecule has 12 nitrogen and oxygen atoms in total. The number of aromatic nitrogens is 7. The van der Waals surface area contributed by atoms with Crippen LogP contribution in [0.1, 0.15) is 41.7 Å². The van der Waals surface area contributed by atoms with E-state index < -0.39 is 40.8 Å². The first-order valence-corrected chi connectivity index (χ1v) is 13.0. The Hall–Kier alpha value is -4.74. The van der Waals surface area contributed by atoms with Gasteiger partial charge in [-0.1, -0.05) is 19.1 Å². The predicted octanol–water partition coefficient (Wildman–Crippen LogP) is 4.27. The molecule has 3 heterocycles. The number of benzene rings is 1. The van der Waals surface area contributed by atoms with Crippen LogP contribution in [0.5, 0.6) is 5.75 Å². The summed E-state index contributed by atoms with van der Waals surface area (Å²) in [4.78, 5) is 24.2. The Balaban J connectivity index is 1.34. The Morgan fingerprint density at radius 3 is 2.34 bits per heavy atom. The number of hydrogen-bond donors (Lipinski definition) is 3. The van der Waals surface area contributed by atoms with Gasteiger partial charge in [-0.3, -0.25) is 9.89 Å². The minimum atomic E-state index is -4.95. The fourth-order valence-corrected chi connectivity index (χ4v) is 3.87. The molecule has 236 valence electrons. The van der Waals surface area contributed by atoms with Crippen LogP contribution in [0.25, 0.3) is 0 Å². The molecule has 44 heavy (non-hydrogen) atoms. The van der Waals surface area contributed by atoms with Crippen LogP contribution < -0.4 is 20.9 Å². The number of anilines is 2. The van der Waals surface area contributed by atoms with Crippen LogP contribution in [-0.4, -0.2) is 54.7 Å². The molecular weight excluding hydrogens is 600 g/mol. The summed E-state index contributed by atoms with van der Waals surface area (Å²) in [5, 5.41) is 16.0. The van der Waals surface area contributed by atoms with Crippen LogP contribution >= 0.6 is 0 Å². The van der Waals surface area contributed by atoms with E-state index in [9.17, 15) is 31.1 Å². The zero-order valence-electron chi connectivity index (χ0n) is 23.3. The Morgan fingerprint density at radius 1 is 1.02 bits per heavy atom. The molecule has 3 aromatic heterocycles. The summed E-state index contributed by atoms with van der Waals surface area (Å²) < 4.78 is 91.3. The van der Waals surface area contributed by atoms with Crippen molar-refractivity contribution in [2.45, 2.75) is 51.4 Å². The summed E-state index contributed by atoms with van der Waals surface area (Å²) >= 11 is 0. The van der Waals surface area contributed by atoms with Crippen molar-refractivity contribution < 1.29 is 35.8 Å². The topological polar surface area (TPSA) is 145 Å². The molecule has 0 aliphatic heterocycles. The molecule has 0 saturated carbocycles. The molecule has 0 aliphatic rings. The molecule has 1 atom stereocenters. The van der Waals surface area contributed by atoms with E-state index in [-0.39, 0.29) is 38.1 Å². The van der Waals surface area contributed by atoms with Gasteiger partial charge in [-0.25, -0.2) is 19.6 Å². The minimum Gasteiger partial charge on any atom is -0.497 e. The standard InChI is InChI=1S/C26H27F6N9O3/c1-3-17(13-44-14-21-38-20(39-40-21)11-35-24-33-8-16(9-34-24)25(27,28)29)37-19-10-36-41(23(42)22(19)26(30,31)32)12-15-4-6-18(43-2)7-5-15/h4-10,17,37H,3,11-14H2,1-2H3,(H,33,34,35)(H,38,39,40)/t17-/m0/s1. The van der Waals surface area contributed by atoms with E-state index in [0.717, 1.165) is 10.9 Å². The lowest BCUT2D eigenvalue weighted by Crippen LogP contribution is -2.34. The van der Waals surface area contributed by atoms with Crippen molar-refractivity contribution in [3.8, 4) is 5.75 Å². The minimum absolute atomic E-state index is 0.0225. The smallest absolute Gasteiger partial charge is 0.423 e. The van der Waals surface area contributed by atoms with E-state index in [1.165, 1.54) is 7.11 Å². The lowest BCUT2D eigenvalue weighted by atomic mass is 10.1. The van der Waals surface area contributed by atoms with E-state index in [1.807, 2.05) is 0 Å². The molecule has 4 aromatic rings. The van der Waals surface area contributed by atoms with E-state index in [4.69, 9.17) is 9.47 Å². The molecule has 0 saturated heterocycles. The molecule has 0 fully saturated rings. The Morgan fingerprint density at radius 2 is 1.73 bits per heavy atom. The number of rotatable bonds is 13. The number of ether oxygens (including phenoxy) is 2. The van der Waals surface area contributed by atoms with Gasteiger partial charge in [0.25, 0.3) is 5.56 Å². The van der Waals surface area contributed by atoms with Crippen molar-refractivity contribution >= 4 is 11.6 Å². The summed E-state index contributed by atoms with van der Waals surface area (Å²) in [6.07, 6.45) is -6.89. The Labute approximate surface area is 245 Å². The molecule has 0 radical (unpaired) electrons. The molecule has 0 spiro atoms. The molecule has 4 rings (SSSR count). The highest BCUT2D eigenvalue weighted by atomic mass is 19.4. The van der Waals surface area contributed by atoms with Crippen LogP contribution in [0.4, 0.5) is 38.0 Å². The van der Waals surface area contributed by atoms with Gasteiger partial charge in [0, 0.05) is 18.4 Å². The molecule has 0 amide bonds. The molecule has 0 unspecified atom stereocenters. The summed E-state index contributed by atoms with van der Waals surface area (Å²) in [6, 6.07) is 5.88. The number of nitrogens with zero attached hydrogens (tertiary/aromatic N) is 6. The van der Waals surface area contributed by atoms with Crippen LogP contribution in [0.3, 0.4) is 0 Å². The monoisotopic (exact) mass is 627 g/mol. The third-order valence-corrected chi connectivity index (χ3v) is 6.19. The van der Waals surface area contributed by atoms with Crippen molar-refractivity contribution in [2.24, 2.45) is 0 Å². The first-order valence-electron chi connectivity index (χ1n) is 13.0. The van der Waals surface area contributed by atoms with Crippen LogP contribution in [0.2, 0.25) is 0 Å². The lowest BCUT2D eigenvalue weighted by molar-refractivity contribution is -0.139. The van der Waals surface area contributed by atoms with Crippen molar-refractivity contribution in [1.29, 1.82) is 0 Å². The average molecular weight is 628 g/mol. The highest BCUT2D eigenvalue weighted by Gasteiger charge is 2.38. The second kappa shape index (κ2) is 13.7. The van der Waals surface area contributed by atoms with Gasteiger partial charge in [-0.05, 0) is 24.1 Å². The SMILES string of the molecule is CC[C@@H](COCc1n[nH]c(CNc2ncc(C(F)(F)F)cn2)n1)Nc1cnn(Cc2ccc(OC)cc2)c(=O)c1C(F)(F)F. The maximum Gasteiger partial charge on any atom is 0.423 e. The Kier molecular flexibility index (Phi) is 10.0. The van der Waals surface area contributed by atoms with Gasteiger partial charge in [0.2, 0.25) is 5.95 Å². The van der Waals surface area contributed by atoms with Gasteiger partial charge in [-0.2, -0.15) is 36.5 Å². The molecule has 1 aromatic carbocycles. The number of halogens is 6. The highest BCUT2D eigenvalue weighted by Crippen LogP contribution is 2.32. The third kappa shape index (κ3) is 8.42. The van der Waals surface area contributed by atoms with Gasteiger partial charge >= 0.3 is 12.4 Å². The summed E-state index contributed by atoms with van der Waals surface area (Å²) in [5.74, 6) is 1.05. The zero-order valence-corrected chi connectivity index (χ0v) is 23.3. The summed E-state index contributed by atoms with van der Waals surface area (Å²) in [6.45, 7) is 1.43. The number of methoxy groups -OCH3 is 1. The van der Waals surface area contributed by atoms with E-state index in [0.29, 0.717) is 36.0 Å². The molecule has 0 bridgehead atoms. The van der Waals surface area contributed by atoms with Gasteiger partial charge in [0.15, 0.2) is 5.82 Å². The highest BCUT2D eigenvalue weighted by molar-refractivity contribution is 5.50. The largest absolute Gasteiger partial charge is 0.497 e. The zero-order chi connectivity index (χ0) is 31.9. The van der Waals surface area contributed by atoms with Crippen LogP contribution in [0.15, 0.2) is 47.7 Å². The maximum absolute atomic E-state index is 14.0. The van der Waals surface area contributed by atoms with Crippen molar-refractivity contribution in [1.82, 2.24) is 34.9 Å². The fraction of sp³-hybridized carbons (Fsp3) is 0.385. The van der Waals surface area contributed by atoms with Gasteiger partial charge in [-0.15, -0.1) is 0 Å². The fourth-order valence-electron chi connectivity index (χ4n) is 3.87. The number of H-pyrrole nitrogens is 1. The summed E-state index contributed by atoms with van der Waals surface area (Å²) in [5.41, 5.74) is -3.56. The van der Waals surface area contributed by atoms with Crippen LogP contribution in [-0.2, 0) is 36.8 Å². The predicted molar refractivity (Wildman–Crippen MR) is 144 cm³/mol. The Bertz CT molecular complexity index is 1570. The van der Waals surface area contributed by atoms with Crippen LogP contribution in [0, 0.1) is 0 Å². The van der Waals surface area contributed by atoms with Gasteiger partial charge in [0.05, 0.1) is 44.3 Å². The van der Waals surface area contributed by atoms with Crippen molar-refractivity contribution in [3.63, 3.8) is 0 Å². The molecule has 18 heteroatoms. The normalized spacial score (nSPS) is 12.6. The quantitative estimate of drug-likeness (QED) is 0.184. The van der Waals surface area contributed by atoms with Crippen molar-refractivity contribution in [2.75, 3.05) is 24.4 Å². The van der Waals surface area contributed by atoms with E-state index in [2.05, 4.69) is 40.9 Å². The third-order valence-electron chi connectivity index (χ3n) is 6.19. The lowest BCUT2D eigenvalue weighted by Gasteiger charge is -2.21. The first-order chi connectivity index (χ1) is 20.9. The molecule has 3 N–H and O–H groups in total. The number of alkyl halides is 6. The van der Waals surface area contributed by atoms with E-state index in [1.54, 1.807) is 31.2 Å². The van der Waals surface area contributed by atoms with E-state index >= 15 is 0 Å². The maximum atomic E-state index is 14.0. The number of hydrogen-bond acceptors (Lipinski definition) is 10. The van der Waals surface area contributed by atoms with Gasteiger partial charge in [0.1, 0.15) is 23.7 Å². The first kappa shape index (κ1) is 32.2. The number of nitrogens with one attached hydrogen (secondary N) is 3. The second-order valence-electron chi connectivity index (χ2n) is 9.35. The average Bonchev–Trinajstić information content (AvgIpc) is 3.44. The molecule has 0 aliphatic carbocycles.